The van der Waals surface area contributed by atoms with Crippen LogP contribution in [0.2, 0.25) is 0 Å². The number of aromatic nitrogens is 1. The average Bonchev–Trinajstić information content (AvgIpc) is 3.19. The van der Waals surface area contributed by atoms with E-state index in [1.165, 1.54) is 12.7 Å². The van der Waals surface area contributed by atoms with Gasteiger partial charge in [0.05, 0.1) is 12.7 Å². The summed E-state index contributed by atoms with van der Waals surface area (Å²) in [6, 6.07) is 10.0. The molecule has 4 rings (SSSR count). The molecule has 2 aromatic carbocycles. The zero-order valence-corrected chi connectivity index (χ0v) is 15.0. The molecule has 26 heavy (non-hydrogen) atoms. The monoisotopic (exact) mass is 351 g/mol. The Balaban J connectivity index is 1.88. The Morgan fingerprint density at radius 2 is 2.04 bits per heavy atom. The summed E-state index contributed by atoms with van der Waals surface area (Å²) in [6.07, 6.45) is 0. The number of rotatable bonds is 4. The number of hydrogen-bond acceptors (Lipinski definition) is 4. The predicted octanol–water partition coefficient (Wildman–Crippen LogP) is 2.85. The number of nitrogens with one attached hydrogen (secondary N) is 2. The largest absolute Gasteiger partial charge is 0.504 e. The number of aromatic amines is 1. The number of H-pyrrole nitrogens is 1. The summed E-state index contributed by atoms with van der Waals surface area (Å²) in [5.74, 6) is 0.205. The van der Waals surface area contributed by atoms with E-state index in [1.54, 1.807) is 6.07 Å². The number of phenols is 1. The van der Waals surface area contributed by atoms with E-state index < -0.39 is 0 Å². The second-order valence-corrected chi connectivity index (χ2v) is 6.85. The highest BCUT2D eigenvalue weighted by Crippen LogP contribution is 2.41. The highest BCUT2D eigenvalue weighted by molar-refractivity contribution is 6.06. The molecular formula is C20H21N3O3. The molecule has 2 heterocycles. The number of carbonyl (C=O) groups is 1. The Bertz CT molecular complexity index is 1020. The first-order valence-electron chi connectivity index (χ1n) is 8.45. The van der Waals surface area contributed by atoms with E-state index in [2.05, 4.69) is 33.4 Å². The number of fused-ring (bicyclic) bond motifs is 2. The molecule has 3 N–H and O–H groups in total. The third kappa shape index (κ3) is 2.59. The molecule has 1 aliphatic heterocycles. The van der Waals surface area contributed by atoms with Gasteiger partial charge in [0.25, 0.3) is 5.91 Å². The van der Waals surface area contributed by atoms with Crippen molar-refractivity contribution in [3.8, 4) is 22.8 Å². The Morgan fingerprint density at radius 1 is 1.23 bits per heavy atom. The van der Waals surface area contributed by atoms with Gasteiger partial charge in [-0.3, -0.25) is 4.79 Å². The maximum Gasteiger partial charge on any atom is 0.252 e. The Morgan fingerprint density at radius 3 is 2.77 bits per heavy atom. The van der Waals surface area contributed by atoms with Gasteiger partial charge in [0, 0.05) is 40.8 Å². The van der Waals surface area contributed by atoms with Crippen LogP contribution in [0.5, 0.6) is 11.5 Å². The van der Waals surface area contributed by atoms with Crippen molar-refractivity contribution in [3.63, 3.8) is 0 Å². The van der Waals surface area contributed by atoms with Gasteiger partial charge in [-0.1, -0.05) is 6.07 Å². The van der Waals surface area contributed by atoms with Gasteiger partial charge in [-0.2, -0.15) is 0 Å². The van der Waals surface area contributed by atoms with Gasteiger partial charge in [0.2, 0.25) is 0 Å². The van der Waals surface area contributed by atoms with Gasteiger partial charge in [-0.05, 0) is 43.9 Å². The highest BCUT2D eigenvalue weighted by atomic mass is 16.5. The number of amides is 1. The third-order valence-electron chi connectivity index (χ3n) is 4.71. The van der Waals surface area contributed by atoms with E-state index in [0.717, 1.165) is 28.7 Å². The molecule has 1 amide bonds. The summed E-state index contributed by atoms with van der Waals surface area (Å²) in [6.45, 7) is 1.17. The van der Waals surface area contributed by atoms with Crippen LogP contribution in [-0.2, 0) is 13.1 Å². The second kappa shape index (κ2) is 6.07. The lowest BCUT2D eigenvalue weighted by atomic mass is 9.98. The van der Waals surface area contributed by atoms with E-state index in [1.807, 2.05) is 20.2 Å². The fourth-order valence-electron chi connectivity index (χ4n) is 3.55. The number of carbonyl (C=O) groups excluding carboxylic acids is 1. The molecule has 3 aromatic rings. The minimum Gasteiger partial charge on any atom is -0.504 e. The van der Waals surface area contributed by atoms with E-state index in [-0.39, 0.29) is 11.7 Å². The zero-order valence-electron chi connectivity index (χ0n) is 15.0. The second-order valence-electron chi connectivity index (χ2n) is 6.85. The van der Waals surface area contributed by atoms with Crippen LogP contribution in [0.25, 0.3) is 22.2 Å². The number of ether oxygens (including phenoxy) is 1. The van der Waals surface area contributed by atoms with Crippen molar-refractivity contribution < 1.29 is 14.6 Å². The minimum atomic E-state index is -0.181. The first-order valence-corrected chi connectivity index (χ1v) is 8.45. The lowest BCUT2D eigenvalue weighted by Gasteiger charge is -2.11. The van der Waals surface area contributed by atoms with Gasteiger partial charge < -0.3 is 25.0 Å². The summed E-state index contributed by atoms with van der Waals surface area (Å²) < 4.78 is 5.30. The van der Waals surface area contributed by atoms with Gasteiger partial charge in [0.1, 0.15) is 0 Å². The van der Waals surface area contributed by atoms with E-state index in [0.29, 0.717) is 23.4 Å². The fourth-order valence-corrected chi connectivity index (χ4v) is 3.55. The standard InChI is InChI=1S/C20H21N3O3/c1-23(2)10-11-4-5-15-12(6-11)7-16(22-15)13-8-17(26-3)19(24)14-9-21-20(25)18(13)14/h4-8,22,24H,9-10H2,1-3H3,(H,21,25). The average molecular weight is 351 g/mol. The van der Waals surface area contributed by atoms with Crippen molar-refractivity contribution in [1.29, 1.82) is 0 Å². The number of phenolic OH excluding ortho intramolecular Hbond substituents is 1. The van der Waals surface area contributed by atoms with E-state index in [9.17, 15) is 9.90 Å². The van der Waals surface area contributed by atoms with Crippen LogP contribution < -0.4 is 10.1 Å². The van der Waals surface area contributed by atoms with Crippen molar-refractivity contribution in [2.45, 2.75) is 13.1 Å². The molecule has 0 radical (unpaired) electrons. The van der Waals surface area contributed by atoms with Crippen molar-refractivity contribution in [2.75, 3.05) is 21.2 Å². The summed E-state index contributed by atoms with van der Waals surface area (Å²) in [7, 11) is 5.59. The molecule has 0 bridgehead atoms. The number of benzene rings is 2. The number of aromatic hydroxyl groups is 1. The van der Waals surface area contributed by atoms with Crippen molar-refractivity contribution in [3.05, 3.63) is 47.0 Å². The Hall–Kier alpha value is -2.99. The number of methoxy groups -OCH3 is 1. The molecule has 0 saturated heterocycles. The van der Waals surface area contributed by atoms with Crippen LogP contribution in [0.3, 0.4) is 0 Å². The van der Waals surface area contributed by atoms with E-state index in [4.69, 9.17) is 4.74 Å². The van der Waals surface area contributed by atoms with E-state index >= 15 is 0 Å². The smallest absolute Gasteiger partial charge is 0.252 e. The van der Waals surface area contributed by atoms with Gasteiger partial charge in [0.15, 0.2) is 11.5 Å². The first-order chi connectivity index (χ1) is 12.5. The summed E-state index contributed by atoms with van der Waals surface area (Å²) in [5, 5.41) is 14.2. The van der Waals surface area contributed by atoms with Crippen molar-refractivity contribution in [1.82, 2.24) is 15.2 Å². The van der Waals surface area contributed by atoms with Gasteiger partial charge >= 0.3 is 0 Å². The molecule has 0 saturated carbocycles. The normalized spacial score (nSPS) is 13.3. The van der Waals surface area contributed by atoms with Crippen LogP contribution in [0.4, 0.5) is 0 Å². The van der Waals surface area contributed by atoms with Crippen molar-refractivity contribution in [2.24, 2.45) is 0 Å². The number of nitrogens with zero attached hydrogens (tertiary/aromatic N) is 1. The maximum atomic E-state index is 12.3. The molecule has 1 aliphatic rings. The zero-order chi connectivity index (χ0) is 18.4. The summed E-state index contributed by atoms with van der Waals surface area (Å²) in [4.78, 5) is 17.8. The molecule has 6 nitrogen and oxygen atoms in total. The molecule has 0 unspecified atom stereocenters. The SMILES string of the molecule is COc1cc(-c2cc3cc(CN(C)C)ccc3[nH]2)c2c(c1O)CNC2=O. The van der Waals surface area contributed by atoms with Crippen molar-refractivity contribution >= 4 is 16.8 Å². The predicted molar refractivity (Wildman–Crippen MR) is 101 cm³/mol. The first kappa shape index (κ1) is 16.5. The molecule has 0 spiro atoms. The highest BCUT2D eigenvalue weighted by Gasteiger charge is 2.29. The summed E-state index contributed by atoms with van der Waals surface area (Å²) in [5.41, 5.74) is 4.87. The van der Waals surface area contributed by atoms with Gasteiger partial charge in [-0.25, -0.2) is 0 Å². The Kier molecular flexibility index (Phi) is 3.85. The van der Waals surface area contributed by atoms with Crippen LogP contribution in [0.1, 0.15) is 21.5 Å². The fraction of sp³-hybridized carbons (Fsp3) is 0.250. The van der Waals surface area contributed by atoms with Crippen LogP contribution >= 0.6 is 0 Å². The molecule has 0 aliphatic carbocycles. The van der Waals surface area contributed by atoms with Gasteiger partial charge in [-0.15, -0.1) is 0 Å². The quantitative estimate of drug-likeness (QED) is 0.675. The Labute approximate surface area is 151 Å². The van der Waals surface area contributed by atoms with Crippen LogP contribution in [0.15, 0.2) is 30.3 Å². The molecule has 0 atom stereocenters. The summed E-state index contributed by atoms with van der Waals surface area (Å²) >= 11 is 0. The molecule has 134 valence electrons. The maximum absolute atomic E-state index is 12.3. The third-order valence-corrected chi connectivity index (χ3v) is 4.71. The molecule has 0 fully saturated rings. The molecule has 6 heteroatoms. The van der Waals surface area contributed by atoms with Crippen LogP contribution in [-0.4, -0.2) is 42.1 Å². The van der Waals surface area contributed by atoms with Crippen LogP contribution in [0, 0.1) is 0 Å². The minimum absolute atomic E-state index is 0.0222. The lowest BCUT2D eigenvalue weighted by molar-refractivity contribution is 0.0966. The number of hydrogen-bond donors (Lipinski definition) is 3. The molecular weight excluding hydrogens is 330 g/mol. The molecule has 1 aromatic heterocycles. The lowest BCUT2D eigenvalue weighted by Crippen LogP contribution is -2.13. The topological polar surface area (TPSA) is 77.6 Å².